The minimum absolute atomic E-state index is 0.387. The molecule has 27 heavy (non-hydrogen) atoms. The summed E-state index contributed by atoms with van der Waals surface area (Å²) < 4.78 is 6.22. The smallest absolute Gasteiger partial charge is 0.331 e. The highest BCUT2D eigenvalue weighted by Crippen LogP contribution is 2.35. The highest BCUT2D eigenvalue weighted by molar-refractivity contribution is 7.20. The minimum Gasteiger partial charge on any atom is -0.449 e. The van der Waals surface area contributed by atoms with Crippen molar-refractivity contribution < 1.29 is 14.3 Å². The average molecular weight is 400 g/mol. The Labute approximate surface area is 166 Å². The van der Waals surface area contributed by atoms with Crippen LogP contribution in [0.4, 0.5) is 5.69 Å². The number of fused-ring (bicyclic) bond motifs is 1. The molecule has 0 aliphatic rings. The Morgan fingerprint density at radius 2 is 1.96 bits per heavy atom. The molecule has 0 saturated carbocycles. The third kappa shape index (κ3) is 4.76. The van der Waals surface area contributed by atoms with Gasteiger partial charge in [-0.1, -0.05) is 41.9 Å². The third-order valence-electron chi connectivity index (χ3n) is 3.88. The van der Waals surface area contributed by atoms with Gasteiger partial charge in [0.05, 0.1) is 5.02 Å². The topological polar surface area (TPSA) is 55.4 Å². The predicted octanol–water partition coefficient (Wildman–Crippen LogP) is 5.45. The molecule has 0 unspecified atom stereocenters. The van der Waals surface area contributed by atoms with E-state index in [0.29, 0.717) is 10.7 Å². The van der Waals surface area contributed by atoms with Gasteiger partial charge >= 0.3 is 5.97 Å². The monoisotopic (exact) mass is 399 g/mol. The van der Waals surface area contributed by atoms with Crippen LogP contribution in [0.1, 0.15) is 17.4 Å². The number of rotatable bonds is 5. The van der Waals surface area contributed by atoms with Crippen LogP contribution in [-0.2, 0) is 14.3 Å². The zero-order chi connectivity index (χ0) is 19.4. The molecule has 0 spiro atoms. The van der Waals surface area contributed by atoms with Crippen LogP contribution in [0, 0.1) is 6.92 Å². The molecular weight excluding hydrogens is 382 g/mol. The van der Waals surface area contributed by atoms with Gasteiger partial charge in [-0.2, -0.15) is 0 Å². The summed E-state index contributed by atoms with van der Waals surface area (Å²) in [5, 5.41) is 4.28. The first kappa shape index (κ1) is 19.1. The zero-order valence-corrected chi connectivity index (χ0v) is 16.4. The molecule has 1 heterocycles. The molecule has 3 aromatic rings. The van der Waals surface area contributed by atoms with Gasteiger partial charge in [-0.25, -0.2) is 4.79 Å². The number of thiophene rings is 1. The van der Waals surface area contributed by atoms with Crippen LogP contribution in [0.25, 0.3) is 16.2 Å². The Balaban J connectivity index is 1.61. The van der Waals surface area contributed by atoms with Crippen LogP contribution in [0.3, 0.4) is 0 Å². The summed E-state index contributed by atoms with van der Waals surface area (Å²) >= 11 is 7.83. The van der Waals surface area contributed by atoms with E-state index >= 15 is 0 Å². The molecule has 0 bridgehead atoms. The second-order valence-electron chi connectivity index (χ2n) is 6.05. The second-order valence-corrected chi connectivity index (χ2v) is 7.51. The van der Waals surface area contributed by atoms with Crippen LogP contribution in [0.2, 0.25) is 5.02 Å². The molecule has 1 atom stereocenters. The van der Waals surface area contributed by atoms with Crippen LogP contribution in [-0.4, -0.2) is 18.0 Å². The van der Waals surface area contributed by atoms with Gasteiger partial charge in [-0.3, -0.25) is 4.79 Å². The van der Waals surface area contributed by atoms with E-state index in [2.05, 4.69) is 5.32 Å². The SMILES string of the molecule is Cc1cccc(NC(=O)[C@@H](C)OC(=O)/C=C/c2sc3ccccc3c2Cl)c1. The molecule has 1 amide bonds. The van der Waals surface area contributed by atoms with Gasteiger partial charge in [0.1, 0.15) is 0 Å². The summed E-state index contributed by atoms with van der Waals surface area (Å²) in [4.78, 5) is 25.0. The van der Waals surface area contributed by atoms with Crippen LogP contribution < -0.4 is 5.32 Å². The first-order chi connectivity index (χ1) is 12.9. The number of anilines is 1. The number of ether oxygens (including phenoxy) is 1. The van der Waals surface area contributed by atoms with E-state index in [1.54, 1.807) is 12.1 Å². The molecule has 6 heteroatoms. The van der Waals surface area contributed by atoms with E-state index in [-0.39, 0.29) is 5.91 Å². The van der Waals surface area contributed by atoms with Crippen molar-refractivity contribution in [2.24, 2.45) is 0 Å². The normalized spacial score (nSPS) is 12.3. The highest BCUT2D eigenvalue weighted by Gasteiger charge is 2.17. The summed E-state index contributed by atoms with van der Waals surface area (Å²) in [6.45, 7) is 3.46. The van der Waals surface area contributed by atoms with Gasteiger partial charge in [-0.15, -0.1) is 11.3 Å². The van der Waals surface area contributed by atoms with E-state index in [1.165, 1.54) is 24.3 Å². The molecule has 0 aliphatic heterocycles. The number of aryl methyl sites for hydroxylation is 1. The van der Waals surface area contributed by atoms with Crippen LogP contribution in [0.5, 0.6) is 0 Å². The van der Waals surface area contributed by atoms with Gasteiger partial charge in [0.25, 0.3) is 5.91 Å². The van der Waals surface area contributed by atoms with Gasteiger partial charge in [0, 0.05) is 26.7 Å². The number of amides is 1. The summed E-state index contributed by atoms with van der Waals surface area (Å²) in [7, 11) is 0. The standard InChI is InChI=1S/C21H18ClNO3S/c1-13-6-5-7-15(12-13)23-21(25)14(2)26-19(24)11-10-18-20(22)16-8-3-4-9-17(16)27-18/h3-12,14H,1-2H3,(H,23,25)/b11-10+/t14-/m1/s1. The second kappa shape index (κ2) is 8.37. The summed E-state index contributed by atoms with van der Waals surface area (Å²) in [5.74, 6) is -0.988. The van der Waals surface area contributed by atoms with E-state index in [4.69, 9.17) is 16.3 Å². The molecule has 0 saturated heterocycles. The fourth-order valence-corrected chi connectivity index (χ4v) is 3.92. The lowest BCUT2D eigenvalue weighted by Gasteiger charge is -2.12. The average Bonchev–Trinajstić information content (AvgIpc) is 2.96. The fourth-order valence-electron chi connectivity index (χ4n) is 2.52. The predicted molar refractivity (Wildman–Crippen MR) is 111 cm³/mol. The van der Waals surface area contributed by atoms with Crippen molar-refractivity contribution in [3.63, 3.8) is 0 Å². The summed E-state index contributed by atoms with van der Waals surface area (Å²) in [6.07, 6.45) is 1.98. The Morgan fingerprint density at radius 1 is 1.19 bits per heavy atom. The number of esters is 1. The van der Waals surface area contributed by atoms with E-state index < -0.39 is 12.1 Å². The lowest BCUT2D eigenvalue weighted by atomic mass is 10.2. The lowest BCUT2D eigenvalue weighted by molar-refractivity contribution is -0.148. The quantitative estimate of drug-likeness (QED) is 0.458. The van der Waals surface area contributed by atoms with Gasteiger partial charge < -0.3 is 10.1 Å². The molecule has 1 N–H and O–H groups in total. The van der Waals surface area contributed by atoms with Crippen molar-refractivity contribution >= 4 is 56.7 Å². The number of nitrogens with one attached hydrogen (secondary N) is 1. The Morgan fingerprint density at radius 3 is 2.70 bits per heavy atom. The Hall–Kier alpha value is -2.63. The molecular formula is C21H18ClNO3S. The number of hydrogen-bond acceptors (Lipinski definition) is 4. The van der Waals surface area contributed by atoms with E-state index in [1.807, 2.05) is 49.4 Å². The number of carbonyl (C=O) groups is 2. The number of benzene rings is 2. The maximum atomic E-state index is 12.2. The molecule has 4 nitrogen and oxygen atoms in total. The maximum Gasteiger partial charge on any atom is 0.331 e. The number of carbonyl (C=O) groups excluding carboxylic acids is 2. The van der Waals surface area contributed by atoms with Crippen molar-refractivity contribution in [1.82, 2.24) is 0 Å². The molecule has 0 radical (unpaired) electrons. The summed E-state index contributed by atoms with van der Waals surface area (Å²) in [6, 6.07) is 15.2. The first-order valence-electron chi connectivity index (χ1n) is 8.37. The largest absolute Gasteiger partial charge is 0.449 e. The molecule has 2 aromatic carbocycles. The van der Waals surface area contributed by atoms with Gasteiger partial charge in [-0.05, 0) is 43.7 Å². The number of halogens is 1. The van der Waals surface area contributed by atoms with Crippen molar-refractivity contribution in [3.05, 3.63) is 70.1 Å². The molecule has 0 aliphatic carbocycles. The van der Waals surface area contributed by atoms with Crippen molar-refractivity contribution in [3.8, 4) is 0 Å². The molecule has 138 valence electrons. The lowest BCUT2D eigenvalue weighted by Crippen LogP contribution is -2.29. The maximum absolute atomic E-state index is 12.2. The zero-order valence-electron chi connectivity index (χ0n) is 14.9. The van der Waals surface area contributed by atoms with Crippen molar-refractivity contribution in [1.29, 1.82) is 0 Å². The minimum atomic E-state index is -0.916. The highest BCUT2D eigenvalue weighted by atomic mass is 35.5. The van der Waals surface area contributed by atoms with Crippen molar-refractivity contribution in [2.45, 2.75) is 20.0 Å². The summed E-state index contributed by atoms with van der Waals surface area (Å²) in [5.41, 5.74) is 1.69. The Bertz CT molecular complexity index is 1030. The van der Waals surface area contributed by atoms with Crippen molar-refractivity contribution in [2.75, 3.05) is 5.32 Å². The number of hydrogen-bond donors (Lipinski definition) is 1. The van der Waals surface area contributed by atoms with Gasteiger partial charge in [0.2, 0.25) is 0 Å². The molecule has 1 aromatic heterocycles. The van der Waals surface area contributed by atoms with Crippen LogP contribution >= 0.6 is 22.9 Å². The molecule has 0 fully saturated rings. The fraction of sp³-hybridized carbons (Fsp3) is 0.143. The molecule has 3 rings (SSSR count). The van der Waals surface area contributed by atoms with Crippen LogP contribution in [0.15, 0.2) is 54.6 Å². The van der Waals surface area contributed by atoms with Gasteiger partial charge in [0.15, 0.2) is 6.10 Å². The first-order valence-corrected chi connectivity index (χ1v) is 9.57. The third-order valence-corrected chi connectivity index (χ3v) is 5.53. The van der Waals surface area contributed by atoms with E-state index in [9.17, 15) is 9.59 Å². The Kier molecular flexibility index (Phi) is 5.94. The van der Waals surface area contributed by atoms with E-state index in [0.717, 1.165) is 20.5 Å².